The Labute approximate surface area is 107 Å². The van der Waals surface area contributed by atoms with Gasteiger partial charge in [0.15, 0.2) is 0 Å². The summed E-state index contributed by atoms with van der Waals surface area (Å²) in [5.41, 5.74) is 1.43. The lowest BCUT2D eigenvalue weighted by molar-refractivity contribution is 0.262. The molecule has 0 aliphatic rings. The van der Waals surface area contributed by atoms with Gasteiger partial charge in [-0.05, 0) is 40.2 Å². The summed E-state index contributed by atoms with van der Waals surface area (Å²) in [4.78, 5) is 15.6. The Bertz CT molecular complexity index is 516. The van der Waals surface area contributed by atoms with E-state index in [1.807, 2.05) is 30.3 Å². The highest BCUT2D eigenvalue weighted by atomic mass is 79.9. The van der Waals surface area contributed by atoms with Gasteiger partial charge in [0, 0.05) is 17.6 Å². The van der Waals surface area contributed by atoms with Gasteiger partial charge in [-0.15, -0.1) is 0 Å². The normalized spacial score (nSPS) is 9.71. The van der Waals surface area contributed by atoms with Gasteiger partial charge in [-0.2, -0.15) is 0 Å². The number of benzene rings is 1. The lowest BCUT2D eigenvalue weighted by Gasteiger charge is -2.07. The minimum absolute atomic E-state index is 0.283. The topological polar surface area (TPSA) is 54.0 Å². The van der Waals surface area contributed by atoms with Crippen LogP contribution in [0, 0.1) is 0 Å². The average molecular weight is 292 g/mol. The quantitative estimate of drug-likeness (QED) is 0.832. The molecule has 0 radical (unpaired) electrons. The molecular formula is C12H10BrN3O. The number of halogens is 1. The Kier molecular flexibility index (Phi) is 3.72. The molecule has 0 bridgehead atoms. The van der Waals surface area contributed by atoms with Crippen LogP contribution in [0.15, 0.2) is 53.3 Å². The monoisotopic (exact) mass is 291 g/mol. The van der Waals surface area contributed by atoms with Crippen LogP contribution in [0.1, 0.15) is 0 Å². The first kappa shape index (κ1) is 11.6. The van der Waals surface area contributed by atoms with Crippen LogP contribution in [0.25, 0.3) is 0 Å². The molecule has 0 unspecified atom stereocenters. The lowest BCUT2D eigenvalue weighted by Crippen LogP contribution is -2.19. The molecule has 0 aliphatic carbocycles. The van der Waals surface area contributed by atoms with Crippen molar-refractivity contribution < 1.29 is 4.79 Å². The molecule has 0 aliphatic heterocycles. The summed E-state index contributed by atoms with van der Waals surface area (Å²) in [5, 5.41) is 5.44. The van der Waals surface area contributed by atoms with Crippen molar-refractivity contribution in [2.24, 2.45) is 0 Å². The summed E-state index contributed by atoms with van der Waals surface area (Å²) in [6.07, 6.45) is 1.61. The molecule has 2 aromatic rings. The molecule has 0 fully saturated rings. The number of hydrogen-bond acceptors (Lipinski definition) is 2. The Morgan fingerprint density at radius 1 is 1.06 bits per heavy atom. The zero-order valence-electron chi connectivity index (χ0n) is 8.85. The highest BCUT2D eigenvalue weighted by Crippen LogP contribution is 2.13. The van der Waals surface area contributed by atoms with E-state index < -0.39 is 0 Å². The number of nitrogens with zero attached hydrogens (tertiary/aromatic N) is 1. The Morgan fingerprint density at radius 2 is 1.76 bits per heavy atom. The second-order valence-electron chi connectivity index (χ2n) is 3.31. The van der Waals surface area contributed by atoms with E-state index in [-0.39, 0.29) is 6.03 Å². The van der Waals surface area contributed by atoms with Gasteiger partial charge >= 0.3 is 6.03 Å². The standard InChI is InChI=1S/C12H10BrN3O/c13-11-8-10(6-7-14-11)16-12(17)15-9-4-2-1-3-5-9/h1-8H,(H2,14,15,16,17). The minimum Gasteiger partial charge on any atom is -0.308 e. The molecule has 2 rings (SSSR count). The van der Waals surface area contributed by atoms with E-state index in [1.165, 1.54) is 0 Å². The van der Waals surface area contributed by atoms with Crippen molar-refractivity contribution in [3.8, 4) is 0 Å². The van der Waals surface area contributed by atoms with E-state index in [9.17, 15) is 4.79 Å². The fraction of sp³-hybridized carbons (Fsp3) is 0. The van der Waals surface area contributed by atoms with Gasteiger partial charge in [-0.3, -0.25) is 0 Å². The number of aromatic nitrogens is 1. The van der Waals surface area contributed by atoms with Crippen molar-refractivity contribution in [1.82, 2.24) is 4.98 Å². The van der Waals surface area contributed by atoms with Crippen LogP contribution in [-0.4, -0.2) is 11.0 Å². The van der Waals surface area contributed by atoms with E-state index in [0.29, 0.717) is 10.3 Å². The van der Waals surface area contributed by atoms with Crippen molar-refractivity contribution in [2.45, 2.75) is 0 Å². The van der Waals surface area contributed by atoms with Gasteiger partial charge in [0.25, 0.3) is 0 Å². The molecule has 17 heavy (non-hydrogen) atoms. The second-order valence-corrected chi connectivity index (χ2v) is 4.12. The van der Waals surface area contributed by atoms with E-state index in [1.54, 1.807) is 18.3 Å². The van der Waals surface area contributed by atoms with E-state index >= 15 is 0 Å². The molecule has 86 valence electrons. The summed E-state index contributed by atoms with van der Waals surface area (Å²) in [6, 6.07) is 12.4. The van der Waals surface area contributed by atoms with Gasteiger partial charge in [0.05, 0.1) is 0 Å². The van der Waals surface area contributed by atoms with Gasteiger partial charge in [0.2, 0.25) is 0 Å². The van der Waals surface area contributed by atoms with Crippen LogP contribution in [0.3, 0.4) is 0 Å². The molecule has 4 nitrogen and oxygen atoms in total. The molecule has 0 atom stereocenters. The van der Waals surface area contributed by atoms with Crippen LogP contribution >= 0.6 is 15.9 Å². The maximum absolute atomic E-state index is 11.6. The SMILES string of the molecule is O=C(Nc1ccccc1)Nc1ccnc(Br)c1. The second kappa shape index (κ2) is 5.45. The van der Waals surface area contributed by atoms with Crippen molar-refractivity contribution >= 4 is 33.3 Å². The fourth-order valence-electron chi connectivity index (χ4n) is 1.30. The van der Waals surface area contributed by atoms with Gasteiger partial charge in [-0.25, -0.2) is 9.78 Å². The molecule has 0 spiro atoms. The van der Waals surface area contributed by atoms with Gasteiger partial charge in [0.1, 0.15) is 4.60 Å². The first-order valence-electron chi connectivity index (χ1n) is 4.98. The van der Waals surface area contributed by atoms with Crippen LogP contribution in [0.2, 0.25) is 0 Å². The number of pyridine rings is 1. The molecule has 1 heterocycles. The largest absolute Gasteiger partial charge is 0.323 e. The minimum atomic E-state index is -0.283. The van der Waals surface area contributed by atoms with Crippen LogP contribution in [0.5, 0.6) is 0 Å². The third-order valence-electron chi connectivity index (χ3n) is 2.02. The number of nitrogens with one attached hydrogen (secondary N) is 2. The molecule has 2 amide bonds. The van der Waals surface area contributed by atoms with Crippen LogP contribution < -0.4 is 10.6 Å². The highest BCUT2D eigenvalue weighted by molar-refractivity contribution is 9.10. The number of carbonyl (C=O) groups is 1. The Balaban J connectivity index is 1.98. The maximum Gasteiger partial charge on any atom is 0.323 e. The van der Waals surface area contributed by atoms with Gasteiger partial charge < -0.3 is 10.6 Å². The zero-order valence-corrected chi connectivity index (χ0v) is 10.4. The van der Waals surface area contributed by atoms with E-state index in [0.717, 1.165) is 5.69 Å². The first-order chi connectivity index (χ1) is 8.24. The lowest BCUT2D eigenvalue weighted by atomic mass is 10.3. The molecule has 5 heteroatoms. The molecule has 0 saturated carbocycles. The molecule has 1 aromatic carbocycles. The van der Waals surface area contributed by atoms with E-state index in [2.05, 4.69) is 31.5 Å². The summed E-state index contributed by atoms with van der Waals surface area (Å²) < 4.78 is 0.676. The summed E-state index contributed by atoms with van der Waals surface area (Å²) in [7, 11) is 0. The summed E-state index contributed by atoms with van der Waals surface area (Å²) >= 11 is 3.24. The van der Waals surface area contributed by atoms with Crippen molar-refractivity contribution in [3.05, 3.63) is 53.3 Å². The average Bonchev–Trinajstić information content (AvgIpc) is 2.30. The predicted molar refractivity (Wildman–Crippen MR) is 71.0 cm³/mol. The zero-order chi connectivity index (χ0) is 12.1. The smallest absolute Gasteiger partial charge is 0.308 e. The summed E-state index contributed by atoms with van der Waals surface area (Å²) in [6.45, 7) is 0. The number of para-hydroxylation sites is 1. The number of anilines is 2. The number of amides is 2. The Morgan fingerprint density at radius 3 is 2.47 bits per heavy atom. The predicted octanol–water partition coefficient (Wildman–Crippen LogP) is 3.49. The number of rotatable bonds is 2. The maximum atomic E-state index is 11.6. The van der Waals surface area contributed by atoms with Crippen molar-refractivity contribution in [1.29, 1.82) is 0 Å². The van der Waals surface area contributed by atoms with Gasteiger partial charge in [-0.1, -0.05) is 18.2 Å². The molecule has 2 N–H and O–H groups in total. The fourth-order valence-corrected chi connectivity index (χ4v) is 1.66. The number of urea groups is 1. The molecule has 1 aromatic heterocycles. The number of hydrogen-bond donors (Lipinski definition) is 2. The van der Waals surface area contributed by atoms with Crippen molar-refractivity contribution in [2.75, 3.05) is 10.6 Å². The van der Waals surface area contributed by atoms with E-state index in [4.69, 9.17) is 0 Å². The third kappa shape index (κ3) is 3.57. The van der Waals surface area contributed by atoms with Crippen LogP contribution in [0.4, 0.5) is 16.2 Å². The molecular weight excluding hydrogens is 282 g/mol. The Hall–Kier alpha value is -1.88. The first-order valence-corrected chi connectivity index (χ1v) is 5.78. The molecule has 0 saturated heterocycles. The highest BCUT2D eigenvalue weighted by Gasteiger charge is 2.02. The van der Waals surface area contributed by atoms with Crippen molar-refractivity contribution in [3.63, 3.8) is 0 Å². The summed E-state index contributed by atoms with van der Waals surface area (Å²) in [5.74, 6) is 0. The number of carbonyl (C=O) groups excluding carboxylic acids is 1. The third-order valence-corrected chi connectivity index (χ3v) is 2.45. The van der Waals surface area contributed by atoms with Crippen LogP contribution in [-0.2, 0) is 0 Å².